The number of carbonyl (C=O) groups is 2. The number of aryl methyl sites for hydroxylation is 1. The normalized spacial score (nSPS) is 19.6. The zero-order valence-electron chi connectivity index (χ0n) is 22.9. The van der Waals surface area contributed by atoms with Crippen LogP contribution in [0.3, 0.4) is 0 Å². The van der Waals surface area contributed by atoms with Crippen molar-refractivity contribution in [3.05, 3.63) is 76.7 Å². The third-order valence-corrected chi connectivity index (χ3v) is 8.30. The first-order valence-electron chi connectivity index (χ1n) is 13.4. The predicted octanol–water partition coefficient (Wildman–Crippen LogP) is 5.08. The number of amides is 2. The molecule has 2 aliphatic heterocycles. The van der Waals surface area contributed by atoms with Gasteiger partial charge in [-0.3, -0.25) is 14.5 Å². The van der Waals surface area contributed by atoms with Gasteiger partial charge in [0.25, 0.3) is 0 Å². The number of benzene rings is 2. The molecule has 1 saturated heterocycles. The highest BCUT2D eigenvalue weighted by molar-refractivity contribution is 8.00. The number of fused-ring (bicyclic) bond motifs is 1. The van der Waals surface area contributed by atoms with Gasteiger partial charge in [0.2, 0.25) is 11.8 Å². The van der Waals surface area contributed by atoms with E-state index >= 15 is 0 Å². The summed E-state index contributed by atoms with van der Waals surface area (Å²) in [5.74, 6) is -0.0808. The zero-order valence-corrected chi connectivity index (χ0v) is 23.7. The van der Waals surface area contributed by atoms with Crippen molar-refractivity contribution in [1.29, 1.82) is 0 Å². The van der Waals surface area contributed by atoms with Crippen LogP contribution in [0, 0.1) is 12.7 Å². The van der Waals surface area contributed by atoms with Crippen molar-refractivity contribution in [2.24, 2.45) is 0 Å². The SMILES string of the molecule is Cc1cccc(-n2nc(C(C)(C)C)c3c2N(CC(=O)NC[C@H]2CCCO2)C(=O)CS[C@@H]3c2cccc(F)c2)c1. The van der Waals surface area contributed by atoms with Crippen LogP contribution < -0.4 is 10.2 Å². The van der Waals surface area contributed by atoms with Crippen LogP contribution in [0.5, 0.6) is 0 Å². The molecule has 0 unspecified atom stereocenters. The van der Waals surface area contributed by atoms with Gasteiger partial charge in [-0.15, -0.1) is 11.8 Å². The molecule has 0 spiro atoms. The Balaban J connectivity index is 1.65. The number of anilines is 1. The molecule has 2 aliphatic rings. The maximum absolute atomic E-state index is 14.4. The Labute approximate surface area is 233 Å². The molecule has 1 aromatic heterocycles. The van der Waals surface area contributed by atoms with Crippen LogP contribution in [0.4, 0.5) is 10.2 Å². The summed E-state index contributed by atoms with van der Waals surface area (Å²) in [5.41, 5.74) is 3.85. The fourth-order valence-electron chi connectivity index (χ4n) is 5.18. The minimum atomic E-state index is -0.383. The standard InChI is InChI=1S/C30H35FN4O3S/c1-19-8-5-11-22(14-19)35-29-26(28(33-35)30(2,3)4)27(20-9-6-10-21(31)15-20)39-18-25(37)34(29)17-24(36)32-16-23-12-7-13-38-23/h5-6,8-11,14-15,23,27H,7,12-13,16-18H2,1-4H3,(H,32,36)/t23-,27-/m1/s1. The molecule has 2 aromatic carbocycles. The highest BCUT2D eigenvalue weighted by Crippen LogP contribution is 2.48. The van der Waals surface area contributed by atoms with E-state index in [1.54, 1.807) is 15.6 Å². The van der Waals surface area contributed by atoms with Gasteiger partial charge in [0.05, 0.1) is 28.5 Å². The van der Waals surface area contributed by atoms with Gasteiger partial charge in [-0.1, -0.05) is 45.0 Å². The Hall–Kier alpha value is -3.17. The molecule has 9 heteroatoms. The highest BCUT2D eigenvalue weighted by atomic mass is 32.2. The van der Waals surface area contributed by atoms with Crippen LogP contribution in [-0.2, 0) is 19.7 Å². The molecule has 0 saturated carbocycles. The first-order valence-corrected chi connectivity index (χ1v) is 14.4. The molecule has 7 nitrogen and oxygen atoms in total. The summed E-state index contributed by atoms with van der Waals surface area (Å²) < 4.78 is 21.8. The maximum atomic E-state index is 14.4. The second-order valence-electron chi connectivity index (χ2n) is 11.3. The first kappa shape index (κ1) is 27.4. The molecule has 0 aliphatic carbocycles. The number of rotatable bonds is 6. The van der Waals surface area contributed by atoms with Gasteiger partial charge in [-0.25, -0.2) is 9.07 Å². The van der Waals surface area contributed by atoms with E-state index in [1.807, 2.05) is 37.3 Å². The molecular formula is C30H35FN4O3S. The Morgan fingerprint density at radius 2 is 2.00 bits per heavy atom. The molecule has 206 valence electrons. The highest BCUT2D eigenvalue weighted by Gasteiger charge is 2.40. The van der Waals surface area contributed by atoms with E-state index in [0.717, 1.165) is 40.9 Å². The average Bonchev–Trinajstić information content (AvgIpc) is 3.52. The Morgan fingerprint density at radius 3 is 2.69 bits per heavy atom. The van der Waals surface area contributed by atoms with E-state index in [0.29, 0.717) is 19.0 Å². The lowest BCUT2D eigenvalue weighted by Gasteiger charge is -2.25. The summed E-state index contributed by atoms with van der Waals surface area (Å²) >= 11 is 1.44. The number of hydrogen-bond donors (Lipinski definition) is 1. The monoisotopic (exact) mass is 550 g/mol. The second kappa shape index (κ2) is 11.1. The van der Waals surface area contributed by atoms with Crippen molar-refractivity contribution >= 4 is 29.4 Å². The van der Waals surface area contributed by atoms with Crippen LogP contribution >= 0.6 is 11.8 Å². The number of ether oxygens (including phenoxy) is 1. The van der Waals surface area contributed by atoms with Crippen LogP contribution in [0.1, 0.15) is 61.2 Å². The molecule has 2 atom stereocenters. The van der Waals surface area contributed by atoms with E-state index in [2.05, 4.69) is 26.1 Å². The largest absolute Gasteiger partial charge is 0.376 e. The Bertz CT molecular complexity index is 1380. The van der Waals surface area contributed by atoms with E-state index in [-0.39, 0.29) is 46.7 Å². The van der Waals surface area contributed by atoms with Gasteiger partial charge in [0.1, 0.15) is 18.2 Å². The predicted molar refractivity (Wildman–Crippen MR) is 152 cm³/mol. The molecule has 1 fully saturated rings. The fraction of sp³-hybridized carbons (Fsp3) is 0.433. The number of halogens is 1. The average molecular weight is 551 g/mol. The van der Waals surface area contributed by atoms with Crippen molar-refractivity contribution in [2.75, 3.05) is 30.3 Å². The second-order valence-corrected chi connectivity index (χ2v) is 12.3. The number of aromatic nitrogens is 2. The number of hydrogen-bond acceptors (Lipinski definition) is 5. The lowest BCUT2D eigenvalue weighted by molar-refractivity contribution is -0.123. The number of carbonyl (C=O) groups excluding carboxylic acids is 2. The molecule has 1 N–H and O–H groups in total. The first-order chi connectivity index (χ1) is 18.6. The van der Waals surface area contributed by atoms with Crippen LogP contribution in [0.15, 0.2) is 48.5 Å². The summed E-state index contributed by atoms with van der Waals surface area (Å²) in [6.45, 7) is 9.22. The molecule has 3 heterocycles. The maximum Gasteiger partial charge on any atom is 0.240 e. The quantitative estimate of drug-likeness (QED) is 0.463. The van der Waals surface area contributed by atoms with Gasteiger partial charge in [0.15, 0.2) is 0 Å². The summed E-state index contributed by atoms with van der Waals surface area (Å²) in [5, 5.41) is 7.69. The van der Waals surface area contributed by atoms with Gasteiger partial charge in [0, 0.05) is 24.1 Å². The van der Waals surface area contributed by atoms with E-state index in [4.69, 9.17) is 9.84 Å². The van der Waals surface area contributed by atoms with Gasteiger partial charge in [-0.05, 0) is 55.2 Å². The smallest absolute Gasteiger partial charge is 0.240 e. The number of thioether (sulfide) groups is 1. The van der Waals surface area contributed by atoms with Crippen LogP contribution in [-0.4, -0.2) is 53.1 Å². The third-order valence-electron chi connectivity index (χ3n) is 7.05. The molecule has 3 aromatic rings. The summed E-state index contributed by atoms with van der Waals surface area (Å²) in [6.07, 6.45) is 1.90. The van der Waals surface area contributed by atoms with Crippen molar-refractivity contribution in [3.8, 4) is 5.69 Å². The molecule has 2 amide bonds. The lowest BCUT2D eigenvalue weighted by atomic mass is 9.87. The fourth-order valence-corrected chi connectivity index (χ4v) is 6.37. The van der Waals surface area contributed by atoms with Crippen LogP contribution in [0.2, 0.25) is 0 Å². The number of nitrogens with zero attached hydrogens (tertiary/aromatic N) is 3. The molecule has 39 heavy (non-hydrogen) atoms. The van der Waals surface area contributed by atoms with Crippen molar-refractivity contribution in [1.82, 2.24) is 15.1 Å². The number of nitrogens with one attached hydrogen (secondary N) is 1. The van der Waals surface area contributed by atoms with E-state index in [1.165, 1.54) is 23.9 Å². The topological polar surface area (TPSA) is 76.5 Å². The molecule has 0 bridgehead atoms. The minimum Gasteiger partial charge on any atom is -0.376 e. The summed E-state index contributed by atoms with van der Waals surface area (Å²) in [6, 6.07) is 14.4. The van der Waals surface area contributed by atoms with Gasteiger partial charge < -0.3 is 10.1 Å². The summed E-state index contributed by atoms with van der Waals surface area (Å²) in [7, 11) is 0. The van der Waals surface area contributed by atoms with Gasteiger partial charge >= 0.3 is 0 Å². The van der Waals surface area contributed by atoms with Crippen LogP contribution in [0.25, 0.3) is 5.69 Å². The molecular weight excluding hydrogens is 515 g/mol. The van der Waals surface area contributed by atoms with E-state index in [9.17, 15) is 14.0 Å². The van der Waals surface area contributed by atoms with Crippen molar-refractivity contribution in [3.63, 3.8) is 0 Å². The Kier molecular flexibility index (Phi) is 7.82. The van der Waals surface area contributed by atoms with Crippen molar-refractivity contribution in [2.45, 2.75) is 57.3 Å². The van der Waals surface area contributed by atoms with Gasteiger partial charge in [-0.2, -0.15) is 5.10 Å². The van der Waals surface area contributed by atoms with E-state index < -0.39 is 0 Å². The molecule has 5 rings (SSSR count). The summed E-state index contributed by atoms with van der Waals surface area (Å²) in [4.78, 5) is 28.5. The zero-order chi connectivity index (χ0) is 27.7. The lowest BCUT2D eigenvalue weighted by Crippen LogP contribution is -2.44. The molecule has 0 radical (unpaired) electrons. The Morgan fingerprint density at radius 1 is 1.21 bits per heavy atom. The minimum absolute atomic E-state index is 0.00238. The van der Waals surface area contributed by atoms with Crippen molar-refractivity contribution < 1.29 is 18.7 Å². The third kappa shape index (κ3) is 5.89.